The minimum absolute atomic E-state index is 0.690. The van der Waals surface area contributed by atoms with E-state index in [0.29, 0.717) is 6.54 Å². The van der Waals surface area contributed by atoms with Gasteiger partial charge in [-0.1, -0.05) is 18.2 Å². The molecule has 0 saturated carbocycles. The molecule has 0 amide bonds. The highest BCUT2D eigenvalue weighted by atomic mass is 15.5. The zero-order valence-corrected chi connectivity index (χ0v) is 11.0. The van der Waals surface area contributed by atoms with Crippen LogP contribution in [0.15, 0.2) is 61.1 Å². The molecule has 1 aromatic carbocycles. The van der Waals surface area contributed by atoms with E-state index in [-0.39, 0.29) is 0 Å². The summed E-state index contributed by atoms with van der Waals surface area (Å²) in [5, 5.41) is 12.0. The van der Waals surface area contributed by atoms with Crippen molar-refractivity contribution >= 4 is 0 Å². The Bertz CT molecular complexity index is 648. The van der Waals surface area contributed by atoms with Crippen LogP contribution >= 0.6 is 0 Å². The minimum Gasteiger partial charge on any atom is -0.307 e. The van der Waals surface area contributed by atoms with Gasteiger partial charge in [0.25, 0.3) is 0 Å². The summed E-state index contributed by atoms with van der Waals surface area (Å²) in [4.78, 5) is 5.64. The summed E-state index contributed by atoms with van der Waals surface area (Å²) >= 11 is 0. The summed E-state index contributed by atoms with van der Waals surface area (Å²) in [6, 6.07) is 13.9. The molecule has 2 aromatic heterocycles. The summed E-state index contributed by atoms with van der Waals surface area (Å²) in [6.07, 6.45) is 5.37. The van der Waals surface area contributed by atoms with Crippen molar-refractivity contribution in [3.63, 3.8) is 0 Å². The van der Waals surface area contributed by atoms with Gasteiger partial charge in [-0.2, -0.15) is 15.0 Å². The predicted octanol–water partition coefficient (Wildman–Crippen LogP) is 1.95. The van der Waals surface area contributed by atoms with Crippen LogP contribution in [0.2, 0.25) is 0 Å². The number of benzene rings is 1. The monoisotopic (exact) mass is 265 g/mol. The van der Waals surface area contributed by atoms with Gasteiger partial charge < -0.3 is 5.32 Å². The van der Waals surface area contributed by atoms with Crippen molar-refractivity contribution in [3.05, 3.63) is 72.3 Å². The van der Waals surface area contributed by atoms with E-state index in [1.165, 1.54) is 5.56 Å². The van der Waals surface area contributed by atoms with E-state index < -0.39 is 0 Å². The minimum atomic E-state index is 0.690. The van der Waals surface area contributed by atoms with E-state index >= 15 is 0 Å². The van der Waals surface area contributed by atoms with Crippen molar-refractivity contribution in [2.75, 3.05) is 0 Å². The van der Waals surface area contributed by atoms with Crippen LogP contribution in [0.4, 0.5) is 0 Å². The molecule has 0 fully saturated rings. The molecule has 3 rings (SSSR count). The number of nitrogens with one attached hydrogen (secondary N) is 1. The first-order valence-electron chi connectivity index (χ1n) is 6.48. The summed E-state index contributed by atoms with van der Waals surface area (Å²) in [7, 11) is 0. The van der Waals surface area contributed by atoms with Crippen LogP contribution in [0.3, 0.4) is 0 Å². The molecule has 5 nitrogen and oxygen atoms in total. The lowest BCUT2D eigenvalue weighted by Gasteiger charge is -2.02. The first-order chi connectivity index (χ1) is 9.92. The van der Waals surface area contributed by atoms with E-state index in [2.05, 4.69) is 20.5 Å². The average Bonchev–Trinajstić information content (AvgIpc) is 2.98. The molecule has 0 saturated heterocycles. The molecular formula is C15H15N5. The van der Waals surface area contributed by atoms with E-state index in [1.807, 2.05) is 42.5 Å². The Labute approximate surface area is 117 Å². The van der Waals surface area contributed by atoms with Crippen molar-refractivity contribution < 1.29 is 0 Å². The summed E-state index contributed by atoms with van der Waals surface area (Å²) in [6.45, 7) is 1.48. The van der Waals surface area contributed by atoms with Gasteiger partial charge in [0.2, 0.25) is 0 Å². The maximum Gasteiger partial charge on any atom is 0.0969 e. The van der Waals surface area contributed by atoms with Crippen LogP contribution in [-0.2, 0) is 13.1 Å². The molecule has 0 aliphatic heterocycles. The highest BCUT2D eigenvalue weighted by molar-refractivity contribution is 5.28. The highest BCUT2D eigenvalue weighted by Gasteiger charge is 2.02. The molecule has 1 N–H and O–H groups in total. The molecule has 100 valence electrons. The molecule has 20 heavy (non-hydrogen) atoms. The third-order valence-corrected chi connectivity index (χ3v) is 2.91. The van der Waals surface area contributed by atoms with Gasteiger partial charge in [0.05, 0.1) is 17.6 Å². The van der Waals surface area contributed by atoms with Gasteiger partial charge in [-0.25, -0.2) is 0 Å². The number of nitrogens with zero attached hydrogens (tertiary/aromatic N) is 4. The quantitative estimate of drug-likeness (QED) is 0.766. The van der Waals surface area contributed by atoms with E-state index in [4.69, 9.17) is 0 Å². The third kappa shape index (κ3) is 3.07. The molecule has 5 heteroatoms. The lowest BCUT2D eigenvalue weighted by atomic mass is 10.3. The zero-order valence-electron chi connectivity index (χ0n) is 11.0. The van der Waals surface area contributed by atoms with Gasteiger partial charge in [-0.05, 0) is 29.8 Å². The Balaban J connectivity index is 1.58. The Morgan fingerprint density at radius 3 is 2.55 bits per heavy atom. The molecule has 0 aliphatic carbocycles. The average molecular weight is 265 g/mol. The molecule has 0 bridgehead atoms. The number of rotatable bonds is 5. The predicted molar refractivity (Wildman–Crippen MR) is 76.1 cm³/mol. The van der Waals surface area contributed by atoms with Crippen LogP contribution in [0.1, 0.15) is 11.3 Å². The fourth-order valence-corrected chi connectivity index (χ4v) is 1.90. The number of pyridine rings is 1. The van der Waals surface area contributed by atoms with Crippen molar-refractivity contribution in [1.82, 2.24) is 25.3 Å². The van der Waals surface area contributed by atoms with Gasteiger partial charge in [0.15, 0.2) is 0 Å². The number of aromatic nitrogens is 4. The third-order valence-electron chi connectivity index (χ3n) is 2.91. The maximum atomic E-state index is 4.44. The molecule has 0 radical (unpaired) electrons. The van der Waals surface area contributed by atoms with Gasteiger partial charge >= 0.3 is 0 Å². The van der Waals surface area contributed by atoms with Crippen molar-refractivity contribution in [2.24, 2.45) is 0 Å². The molecule has 0 unspecified atom stereocenters. The second kappa shape index (κ2) is 6.08. The fourth-order valence-electron chi connectivity index (χ4n) is 1.90. The van der Waals surface area contributed by atoms with E-state index in [1.54, 1.807) is 23.4 Å². The van der Waals surface area contributed by atoms with Crippen molar-refractivity contribution in [2.45, 2.75) is 13.1 Å². The molecular weight excluding hydrogens is 250 g/mol. The fraction of sp³-hybridized carbons (Fsp3) is 0.133. The lowest BCUT2D eigenvalue weighted by Crippen LogP contribution is -2.13. The lowest BCUT2D eigenvalue weighted by molar-refractivity contribution is 0.662. The maximum absolute atomic E-state index is 4.44. The molecule has 3 aromatic rings. The van der Waals surface area contributed by atoms with Gasteiger partial charge in [0.1, 0.15) is 0 Å². The SMILES string of the molecule is c1ccc(-n2ncc(CNCc3ccncc3)n2)cc1. The Morgan fingerprint density at radius 1 is 0.950 bits per heavy atom. The zero-order chi connectivity index (χ0) is 13.6. The summed E-state index contributed by atoms with van der Waals surface area (Å²) < 4.78 is 0. The summed E-state index contributed by atoms with van der Waals surface area (Å²) in [5.41, 5.74) is 3.09. The largest absolute Gasteiger partial charge is 0.307 e. The Kier molecular flexibility index (Phi) is 3.80. The van der Waals surface area contributed by atoms with E-state index in [9.17, 15) is 0 Å². The van der Waals surface area contributed by atoms with Crippen LogP contribution in [-0.4, -0.2) is 20.0 Å². The van der Waals surface area contributed by atoms with Crippen LogP contribution in [0, 0.1) is 0 Å². The standard InChI is InChI=1S/C15H15N5/c1-2-4-15(5-3-1)20-18-12-14(19-20)11-17-10-13-6-8-16-9-7-13/h1-9,12,17H,10-11H2. The summed E-state index contributed by atoms with van der Waals surface area (Å²) in [5.74, 6) is 0. The van der Waals surface area contributed by atoms with Gasteiger partial charge in [-0.3, -0.25) is 4.98 Å². The normalized spacial score (nSPS) is 10.6. The molecule has 0 aliphatic rings. The van der Waals surface area contributed by atoms with E-state index in [0.717, 1.165) is 17.9 Å². The first-order valence-corrected chi connectivity index (χ1v) is 6.48. The van der Waals surface area contributed by atoms with Gasteiger partial charge in [0, 0.05) is 25.5 Å². The van der Waals surface area contributed by atoms with Crippen LogP contribution in [0.5, 0.6) is 0 Å². The second-order valence-corrected chi connectivity index (χ2v) is 4.42. The van der Waals surface area contributed by atoms with Gasteiger partial charge in [-0.15, -0.1) is 0 Å². The number of hydrogen-bond donors (Lipinski definition) is 1. The molecule has 0 spiro atoms. The molecule has 0 atom stereocenters. The number of hydrogen-bond acceptors (Lipinski definition) is 4. The smallest absolute Gasteiger partial charge is 0.0969 e. The Hall–Kier alpha value is -2.53. The first kappa shape index (κ1) is 12.5. The van der Waals surface area contributed by atoms with Crippen LogP contribution in [0.25, 0.3) is 5.69 Å². The molecule has 2 heterocycles. The Morgan fingerprint density at radius 2 is 1.75 bits per heavy atom. The number of para-hydroxylation sites is 1. The highest BCUT2D eigenvalue weighted by Crippen LogP contribution is 2.04. The van der Waals surface area contributed by atoms with Crippen molar-refractivity contribution in [3.8, 4) is 5.69 Å². The topological polar surface area (TPSA) is 55.6 Å². The van der Waals surface area contributed by atoms with Crippen LogP contribution < -0.4 is 5.32 Å². The second-order valence-electron chi connectivity index (χ2n) is 4.42. The van der Waals surface area contributed by atoms with Crippen molar-refractivity contribution in [1.29, 1.82) is 0 Å².